The quantitative estimate of drug-likeness (QED) is 0.285. The number of hydrogen-bond donors (Lipinski definition) is 1. The number of rotatable bonds is 4. The van der Waals surface area contributed by atoms with Crippen LogP contribution in [0.15, 0.2) is 25.3 Å². The molecule has 0 saturated carbocycles. The molecule has 0 amide bonds. The minimum absolute atomic E-state index is 0.423. The molecule has 3 heteroatoms. The first-order valence-electron chi connectivity index (χ1n) is 3.27. The molecule has 2 N–H and O–H groups in total. The van der Waals surface area contributed by atoms with Crippen molar-refractivity contribution < 1.29 is 9.53 Å². The highest BCUT2D eigenvalue weighted by molar-refractivity contribution is 5.81. The molecule has 1 atom stereocenters. The fourth-order valence-corrected chi connectivity index (χ4v) is 0.600. The van der Waals surface area contributed by atoms with E-state index >= 15 is 0 Å². The van der Waals surface area contributed by atoms with Crippen molar-refractivity contribution in [2.75, 3.05) is 0 Å². The summed E-state index contributed by atoms with van der Waals surface area (Å²) in [6, 6.07) is 0. The normalized spacial score (nSPS) is 14.7. The highest BCUT2D eigenvalue weighted by Gasteiger charge is 2.19. The van der Waals surface area contributed by atoms with E-state index in [1.165, 1.54) is 0 Å². The molecule has 0 heterocycles. The molecule has 3 nitrogen and oxygen atoms in total. The Morgan fingerprint density at radius 1 is 1.73 bits per heavy atom. The van der Waals surface area contributed by atoms with Gasteiger partial charge in [-0.3, -0.25) is 5.73 Å². The number of nitrogens with two attached hydrogens (primary N) is 1. The van der Waals surface area contributed by atoms with Gasteiger partial charge in [-0.05, 0) is 6.92 Å². The summed E-state index contributed by atoms with van der Waals surface area (Å²) in [6.07, 6.45) is 3.09. The van der Waals surface area contributed by atoms with E-state index < -0.39 is 11.7 Å². The van der Waals surface area contributed by atoms with E-state index in [2.05, 4.69) is 13.2 Å². The van der Waals surface area contributed by atoms with E-state index in [4.69, 9.17) is 10.5 Å². The zero-order chi connectivity index (χ0) is 8.91. The summed E-state index contributed by atoms with van der Waals surface area (Å²) in [6.45, 7) is 8.34. The van der Waals surface area contributed by atoms with Crippen LogP contribution in [-0.4, -0.2) is 11.7 Å². The Morgan fingerprint density at radius 3 is 2.64 bits per heavy atom. The SMILES string of the molecule is C=CCC(C)(N)OC(=O)C=C. The zero-order valence-electron chi connectivity index (χ0n) is 6.67. The third kappa shape index (κ3) is 4.33. The van der Waals surface area contributed by atoms with E-state index in [1.807, 2.05) is 0 Å². The summed E-state index contributed by atoms with van der Waals surface area (Å²) >= 11 is 0. The van der Waals surface area contributed by atoms with Crippen molar-refractivity contribution in [2.45, 2.75) is 19.1 Å². The molecule has 0 rings (SSSR count). The summed E-state index contributed by atoms with van der Waals surface area (Å²) < 4.78 is 4.78. The molecule has 0 bridgehead atoms. The van der Waals surface area contributed by atoms with Gasteiger partial charge in [0.1, 0.15) is 0 Å². The maximum absolute atomic E-state index is 10.6. The van der Waals surface area contributed by atoms with Gasteiger partial charge in [0.25, 0.3) is 0 Å². The Bertz CT molecular complexity index is 173. The summed E-state index contributed by atoms with van der Waals surface area (Å²) in [4.78, 5) is 10.6. The lowest BCUT2D eigenvalue weighted by Crippen LogP contribution is -2.40. The predicted molar refractivity (Wildman–Crippen MR) is 43.7 cm³/mol. The highest BCUT2D eigenvalue weighted by Crippen LogP contribution is 2.08. The largest absolute Gasteiger partial charge is 0.441 e. The van der Waals surface area contributed by atoms with Gasteiger partial charge in [0.05, 0.1) is 0 Å². The first kappa shape index (κ1) is 9.91. The van der Waals surface area contributed by atoms with Gasteiger partial charge < -0.3 is 4.74 Å². The van der Waals surface area contributed by atoms with E-state index in [9.17, 15) is 4.79 Å². The fraction of sp³-hybridized carbons (Fsp3) is 0.375. The molecule has 0 fully saturated rings. The lowest BCUT2D eigenvalue weighted by molar-refractivity contribution is -0.150. The third-order valence-corrected chi connectivity index (χ3v) is 1.05. The fourth-order valence-electron chi connectivity index (χ4n) is 0.600. The molecule has 0 aliphatic carbocycles. The second kappa shape index (κ2) is 3.93. The molecule has 1 unspecified atom stereocenters. The number of hydrogen-bond acceptors (Lipinski definition) is 3. The van der Waals surface area contributed by atoms with Crippen molar-refractivity contribution in [3.63, 3.8) is 0 Å². The van der Waals surface area contributed by atoms with Crippen molar-refractivity contribution in [3.05, 3.63) is 25.3 Å². The van der Waals surface area contributed by atoms with Gasteiger partial charge in [-0.25, -0.2) is 4.79 Å². The van der Waals surface area contributed by atoms with Crippen molar-refractivity contribution in [3.8, 4) is 0 Å². The van der Waals surface area contributed by atoms with Crippen LogP contribution < -0.4 is 5.73 Å². The van der Waals surface area contributed by atoms with Gasteiger partial charge in [0, 0.05) is 12.5 Å². The molecule has 0 aromatic rings. The van der Waals surface area contributed by atoms with Crippen LogP contribution in [0.3, 0.4) is 0 Å². The van der Waals surface area contributed by atoms with Gasteiger partial charge >= 0.3 is 5.97 Å². The molecule has 0 aromatic carbocycles. The number of carbonyl (C=O) groups excluding carboxylic acids is 1. The van der Waals surface area contributed by atoms with E-state index in [0.29, 0.717) is 6.42 Å². The van der Waals surface area contributed by atoms with Crippen LogP contribution in [0.4, 0.5) is 0 Å². The van der Waals surface area contributed by atoms with Crippen LogP contribution in [0.2, 0.25) is 0 Å². The monoisotopic (exact) mass is 155 g/mol. The van der Waals surface area contributed by atoms with Crippen LogP contribution in [0.25, 0.3) is 0 Å². The highest BCUT2D eigenvalue weighted by atomic mass is 16.6. The first-order chi connectivity index (χ1) is 5.02. The van der Waals surface area contributed by atoms with Crippen molar-refractivity contribution in [2.24, 2.45) is 5.73 Å². The molecule has 62 valence electrons. The molecule has 0 saturated heterocycles. The van der Waals surface area contributed by atoms with E-state index in [-0.39, 0.29) is 0 Å². The second-order valence-corrected chi connectivity index (χ2v) is 2.43. The Morgan fingerprint density at radius 2 is 2.27 bits per heavy atom. The van der Waals surface area contributed by atoms with Crippen LogP contribution in [-0.2, 0) is 9.53 Å². The van der Waals surface area contributed by atoms with Gasteiger partial charge in [-0.1, -0.05) is 12.7 Å². The summed E-state index contributed by atoms with van der Waals surface area (Å²) in [5.41, 5.74) is 4.58. The average molecular weight is 155 g/mol. The van der Waals surface area contributed by atoms with Gasteiger partial charge in [-0.15, -0.1) is 6.58 Å². The molecule has 0 radical (unpaired) electrons. The van der Waals surface area contributed by atoms with Crippen molar-refractivity contribution >= 4 is 5.97 Å². The number of carbonyl (C=O) groups is 1. The molecule has 0 aliphatic heterocycles. The molecular weight excluding hydrogens is 142 g/mol. The maximum Gasteiger partial charge on any atom is 0.331 e. The first-order valence-corrected chi connectivity index (χ1v) is 3.27. The molecular formula is C8H13NO2. The van der Waals surface area contributed by atoms with Crippen LogP contribution in [0.5, 0.6) is 0 Å². The maximum atomic E-state index is 10.6. The minimum atomic E-state index is -0.965. The predicted octanol–water partition coefficient (Wildman–Crippen LogP) is 0.967. The topological polar surface area (TPSA) is 52.3 Å². The van der Waals surface area contributed by atoms with E-state index in [1.54, 1.807) is 13.0 Å². The second-order valence-electron chi connectivity index (χ2n) is 2.43. The minimum Gasteiger partial charge on any atom is -0.441 e. The number of esters is 1. The van der Waals surface area contributed by atoms with Crippen LogP contribution in [0.1, 0.15) is 13.3 Å². The smallest absolute Gasteiger partial charge is 0.331 e. The Labute approximate surface area is 66.5 Å². The number of ether oxygens (including phenoxy) is 1. The summed E-state index contributed by atoms with van der Waals surface area (Å²) in [5, 5.41) is 0. The van der Waals surface area contributed by atoms with Crippen molar-refractivity contribution in [1.29, 1.82) is 0 Å². The Balaban J connectivity index is 3.99. The molecule has 11 heavy (non-hydrogen) atoms. The standard InChI is InChI=1S/C8H13NO2/c1-4-6-8(3,9)11-7(10)5-2/h4-5H,1-2,6,9H2,3H3. The van der Waals surface area contributed by atoms with Crippen LogP contribution >= 0.6 is 0 Å². The summed E-state index contributed by atoms with van der Waals surface area (Å²) in [7, 11) is 0. The molecule has 0 aromatic heterocycles. The lowest BCUT2D eigenvalue weighted by atomic mass is 10.2. The zero-order valence-corrected chi connectivity index (χ0v) is 6.67. The molecule has 0 spiro atoms. The van der Waals surface area contributed by atoms with Gasteiger partial charge in [0.15, 0.2) is 5.72 Å². The molecule has 0 aliphatic rings. The third-order valence-electron chi connectivity index (χ3n) is 1.05. The van der Waals surface area contributed by atoms with E-state index in [0.717, 1.165) is 6.08 Å². The van der Waals surface area contributed by atoms with Crippen LogP contribution in [0, 0.1) is 0 Å². The van der Waals surface area contributed by atoms with Crippen molar-refractivity contribution in [1.82, 2.24) is 0 Å². The summed E-state index contributed by atoms with van der Waals surface area (Å²) in [5.74, 6) is -0.517. The Kier molecular flexibility index (Phi) is 3.54. The Hall–Kier alpha value is -1.09. The van der Waals surface area contributed by atoms with Gasteiger partial charge in [-0.2, -0.15) is 0 Å². The average Bonchev–Trinajstić information content (AvgIpc) is 1.86. The lowest BCUT2D eigenvalue weighted by Gasteiger charge is -2.22. The van der Waals surface area contributed by atoms with Gasteiger partial charge in [0.2, 0.25) is 0 Å².